The topological polar surface area (TPSA) is 78.5 Å². The van der Waals surface area contributed by atoms with Crippen molar-refractivity contribution in [2.24, 2.45) is 0 Å². The lowest BCUT2D eigenvalue weighted by molar-refractivity contribution is -0.141. The zero-order valence-electron chi connectivity index (χ0n) is 19.1. The van der Waals surface area contributed by atoms with Gasteiger partial charge in [0.05, 0.1) is 0 Å². The van der Waals surface area contributed by atoms with Crippen LogP contribution in [0, 0.1) is 6.92 Å². The first-order chi connectivity index (χ1) is 15.3. The van der Waals surface area contributed by atoms with E-state index in [2.05, 4.69) is 10.6 Å². The van der Waals surface area contributed by atoms with Crippen LogP contribution in [0.25, 0.3) is 0 Å². The number of aryl methyl sites for hydroxylation is 1. The summed E-state index contributed by atoms with van der Waals surface area (Å²) in [4.78, 5) is 39.8. The second-order valence-electron chi connectivity index (χ2n) is 8.73. The number of hydrogen-bond donors (Lipinski definition) is 2. The summed E-state index contributed by atoms with van der Waals surface area (Å²) in [6.45, 7) is 5.92. The van der Waals surface area contributed by atoms with Crippen LogP contribution in [-0.4, -0.2) is 47.3 Å². The summed E-state index contributed by atoms with van der Waals surface area (Å²) in [5, 5.41) is 5.86. The van der Waals surface area contributed by atoms with Crippen molar-refractivity contribution in [1.82, 2.24) is 15.5 Å². The molecule has 1 fully saturated rings. The first-order valence-electron chi connectivity index (χ1n) is 11.3. The molecule has 0 aromatic heterocycles. The van der Waals surface area contributed by atoms with Crippen LogP contribution in [0.3, 0.4) is 0 Å². The summed E-state index contributed by atoms with van der Waals surface area (Å²) in [6.07, 6.45) is 2.53. The van der Waals surface area contributed by atoms with Gasteiger partial charge in [-0.1, -0.05) is 60.2 Å². The predicted molar refractivity (Wildman–Crippen MR) is 125 cm³/mol. The van der Waals surface area contributed by atoms with Crippen LogP contribution in [0.1, 0.15) is 43.4 Å². The normalized spacial score (nSPS) is 17.5. The van der Waals surface area contributed by atoms with Crippen LogP contribution < -0.4 is 10.6 Å². The molecule has 2 aromatic carbocycles. The van der Waals surface area contributed by atoms with E-state index in [-0.39, 0.29) is 23.8 Å². The summed E-state index contributed by atoms with van der Waals surface area (Å²) in [5.41, 5.74) is 3.26. The molecule has 0 radical (unpaired) electrons. The van der Waals surface area contributed by atoms with Gasteiger partial charge in [-0.2, -0.15) is 0 Å². The van der Waals surface area contributed by atoms with Crippen molar-refractivity contribution in [3.05, 3.63) is 71.3 Å². The van der Waals surface area contributed by atoms with Gasteiger partial charge in [0, 0.05) is 25.9 Å². The van der Waals surface area contributed by atoms with Crippen molar-refractivity contribution in [3.8, 4) is 0 Å². The summed E-state index contributed by atoms with van der Waals surface area (Å²) in [6, 6.07) is 16.7. The molecule has 2 N–H and O–H groups in total. The highest BCUT2D eigenvalue weighted by Crippen LogP contribution is 2.20. The van der Waals surface area contributed by atoms with Gasteiger partial charge in [0.15, 0.2) is 0 Å². The summed E-state index contributed by atoms with van der Waals surface area (Å²) < 4.78 is 0. The molecular weight excluding hydrogens is 402 g/mol. The van der Waals surface area contributed by atoms with E-state index in [1.807, 2.05) is 68.4 Å². The Morgan fingerprint density at radius 3 is 2.28 bits per heavy atom. The number of nitrogens with zero attached hydrogens (tertiary/aromatic N) is 1. The standard InChI is InChI=1S/C26H33N3O3/c1-18-11-13-22(14-12-18)17-23(28-20(3)30)26(32)29-15-7-10-24(29)25(31)27-19(2)16-21-8-5-4-6-9-21/h4-6,8-9,11-14,19,23-24H,7,10,15-17H2,1-3H3,(H,27,31)(H,28,30). The molecule has 170 valence electrons. The molecule has 3 unspecified atom stereocenters. The third-order valence-electron chi connectivity index (χ3n) is 5.85. The fourth-order valence-corrected chi connectivity index (χ4v) is 4.27. The van der Waals surface area contributed by atoms with Crippen LogP contribution in [0.5, 0.6) is 0 Å². The minimum atomic E-state index is -0.689. The zero-order chi connectivity index (χ0) is 23.1. The molecule has 0 aliphatic carbocycles. The molecule has 6 heteroatoms. The van der Waals surface area contributed by atoms with E-state index in [1.165, 1.54) is 6.92 Å². The molecule has 3 amide bonds. The maximum Gasteiger partial charge on any atom is 0.246 e. The monoisotopic (exact) mass is 435 g/mol. The maximum atomic E-state index is 13.4. The summed E-state index contributed by atoms with van der Waals surface area (Å²) >= 11 is 0. The van der Waals surface area contributed by atoms with Crippen molar-refractivity contribution in [2.45, 2.75) is 64.6 Å². The van der Waals surface area contributed by atoms with Gasteiger partial charge in [-0.3, -0.25) is 14.4 Å². The number of hydrogen-bond acceptors (Lipinski definition) is 3. The van der Waals surface area contributed by atoms with E-state index in [4.69, 9.17) is 0 Å². The van der Waals surface area contributed by atoms with Crippen molar-refractivity contribution in [1.29, 1.82) is 0 Å². The Morgan fingerprint density at radius 2 is 1.62 bits per heavy atom. The van der Waals surface area contributed by atoms with Crippen LogP contribution in [0.4, 0.5) is 0 Å². The molecule has 2 aromatic rings. The third-order valence-corrected chi connectivity index (χ3v) is 5.85. The lowest BCUT2D eigenvalue weighted by atomic mass is 10.0. The smallest absolute Gasteiger partial charge is 0.246 e. The van der Waals surface area contributed by atoms with E-state index in [1.54, 1.807) is 4.90 Å². The molecule has 32 heavy (non-hydrogen) atoms. The predicted octanol–water partition coefficient (Wildman–Crippen LogP) is 2.78. The molecule has 0 spiro atoms. The summed E-state index contributed by atoms with van der Waals surface area (Å²) in [7, 11) is 0. The molecule has 1 saturated heterocycles. The van der Waals surface area contributed by atoms with E-state index in [0.29, 0.717) is 19.4 Å². The van der Waals surface area contributed by atoms with Gasteiger partial charge in [0.1, 0.15) is 12.1 Å². The van der Waals surface area contributed by atoms with Gasteiger partial charge < -0.3 is 15.5 Å². The average molecular weight is 436 g/mol. The number of carbonyl (C=O) groups excluding carboxylic acids is 3. The van der Waals surface area contributed by atoms with Gasteiger partial charge in [0.25, 0.3) is 0 Å². The molecule has 3 atom stereocenters. The first-order valence-corrected chi connectivity index (χ1v) is 11.3. The Morgan fingerprint density at radius 1 is 0.969 bits per heavy atom. The van der Waals surface area contributed by atoms with E-state index in [9.17, 15) is 14.4 Å². The second kappa shape index (κ2) is 10.9. The molecule has 1 aliphatic heterocycles. The van der Waals surface area contributed by atoms with Gasteiger partial charge in [-0.15, -0.1) is 0 Å². The van der Waals surface area contributed by atoms with E-state index in [0.717, 1.165) is 29.5 Å². The number of nitrogens with one attached hydrogen (secondary N) is 2. The maximum absolute atomic E-state index is 13.4. The highest BCUT2D eigenvalue weighted by molar-refractivity contribution is 5.92. The van der Waals surface area contributed by atoms with Crippen molar-refractivity contribution in [2.75, 3.05) is 6.54 Å². The third kappa shape index (κ3) is 6.42. The zero-order valence-corrected chi connectivity index (χ0v) is 19.1. The fraction of sp³-hybridized carbons (Fsp3) is 0.423. The number of likely N-dealkylation sites (tertiary alicyclic amines) is 1. The highest BCUT2D eigenvalue weighted by Gasteiger charge is 2.37. The number of carbonyl (C=O) groups is 3. The highest BCUT2D eigenvalue weighted by atomic mass is 16.2. The van der Waals surface area contributed by atoms with Crippen LogP contribution in [0.2, 0.25) is 0 Å². The van der Waals surface area contributed by atoms with Crippen LogP contribution in [0.15, 0.2) is 54.6 Å². The van der Waals surface area contributed by atoms with Gasteiger partial charge >= 0.3 is 0 Å². The minimum Gasteiger partial charge on any atom is -0.352 e. The van der Waals surface area contributed by atoms with Crippen molar-refractivity contribution >= 4 is 17.7 Å². The molecule has 6 nitrogen and oxygen atoms in total. The Hall–Kier alpha value is -3.15. The number of benzene rings is 2. The molecule has 0 saturated carbocycles. The summed E-state index contributed by atoms with van der Waals surface area (Å²) in [5.74, 6) is -0.586. The molecule has 0 bridgehead atoms. The quantitative estimate of drug-likeness (QED) is 0.669. The lowest BCUT2D eigenvalue weighted by Crippen LogP contribution is -2.54. The van der Waals surface area contributed by atoms with E-state index >= 15 is 0 Å². The van der Waals surface area contributed by atoms with Crippen molar-refractivity contribution < 1.29 is 14.4 Å². The second-order valence-corrected chi connectivity index (χ2v) is 8.73. The SMILES string of the molecule is CC(=O)NC(Cc1ccc(C)cc1)C(=O)N1CCCC1C(=O)NC(C)Cc1ccccc1. The van der Waals surface area contributed by atoms with Crippen molar-refractivity contribution in [3.63, 3.8) is 0 Å². The molecular formula is C26H33N3O3. The Kier molecular flexibility index (Phi) is 8.03. The average Bonchev–Trinajstić information content (AvgIpc) is 3.25. The number of rotatable bonds is 8. The van der Waals surface area contributed by atoms with Gasteiger partial charge in [-0.05, 0) is 44.2 Å². The Balaban J connectivity index is 1.66. The first kappa shape index (κ1) is 23.5. The lowest BCUT2D eigenvalue weighted by Gasteiger charge is -2.29. The molecule has 3 rings (SSSR count). The van der Waals surface area contributed by atoms with Crippen LogP contribution >= 0.6 is 0 Å². The Labute approximate surface area is 190 Å². The minimum absolute atomic E-state index is 0.0406. The Bertz CT molecular complexity index is 927. The van der Waals surface area contributed by atoms with Gasteiger partial charge in [0.2, 0.25) is 17.7 Å². The fourth-order valence-electron chi connectivity index (χ4n) is 4.27. The van der Waals surface area contributed by atoms with Gasteiger partial charge in [-0.25, -0.2) is 0 Å². The van der Waals surface area contributed by atoms with Crippen LogP contribution in [-0.2, 0) is 27.2 Å². The largest absolute Gasteiger partial charge is 0.352 e. The molecule has 1 aliphatic rings. The van der Waals surface area contributed by atoms with E-state index < -0.39 is 12.1 Å². The number of amides is 3. The molecule has 1 heterocycles.